The van der Waals surface area contributed by atoms with E-state index in [1.165, 1.54) is 18.4 Å². The van der Waals surface area contributed by atoms with Crippen molar-refractivity contribution in [3.8, 4) is 12.3 Å². The predicted octanol–water partition coefficient (Wildman–Crippen LogP) is 2.43. The molecule has 1 N–H and O–H groups in total. The summed E-state index contributed by atoms with van der Waals surface area (Å²) in [4.78, 5) is 2.58. The molecule has 1 aliphatic heterocycles. The van der Waals surface area contributed by atoms with E-state index in [0.717, 1.165) is 32.0 Å². The Bertz CT molecular complexity index is 444. The Morgan fingerprint density at radius 3 is 2.74 bits per heavy atom. The van der Waals surface area contributed by atoms with Crippen molar-refractivity contribution >= 4 is 0 Å². The average Bonchev–Trinajstić information content (AvgIpc) is 3.30. The van der Waals surface area contributed by atoms with Crippen LogP contribution in [0.4, 0.5) is 0 Å². The maximum Gasteiger partial charge on any atom is 0.0473 e. The molecule has 2 unspecified atom stereocenters. The van der Waals surface area contributed by atoms with Crippen LogP contribution in [0, 0.1) is 18.3 Å². The SMILES string of the molecule is C#CCCN1CC(C2CC2)NCC1c1ccccc1. The van der Waals surface area contributed by atoms with E-state index in [1.807, 2.05) is 0 Å². The molecule has 2 aliphatic rings. The van der Waals surface area contributed by atoms with E-state index in [0.29, 0.717) is 12.1 Å². The molecule has 1 aromatic carbocycles. The molecule has 3 rings (SSSR count). The second-order valence-corrected chi connectivity index (χ2v) is 5.73. The van der Waals surface area contributed by atoms with Crippen LogP contribution in [0.15, 0.2) is 30.3 Å². The quantitative estimate of drug-likeness (QED) is 0.830. The Morgan fingerprint density at radius 1 is 1.26 bits per heavy atom. The summed E-state index contributed by atoms with van der Waals surface area (Å²) in [7, 11) is 0. The number of rotatable bonds is 4. The summed E-state index contributed by atoms with van der Waals surface area (Å²) in [6.45, 7) is 3.21. The molecule has 1 saturated carbocycles. The minimum atomic E-state index is 0.476. The summed E-state index contributed by atoms with van der Waals surface area (Å²) in [5, 5.41) is 3.74. The van der Waals surface area contributed by atoms with E-state index in [-0.39, 0.29) is 0 Å². The van der Waals surface area contributed by atoms with Gasteiger partial charge in [-0.15, -0.1) is 12.3 Å². The van der Waals surface area contributed by atoms with Crippen molar-refractivity contribution in [1.82, 2.24) is 10.2 Å². The second kappa shape index (κ2) is 5.77. The first-order chi connectivity index (χ1) is 9.38. The zero-order valence-electron chi connectivity index (χ0n) is 11.4. The minimum absolute atomic E-state index is 0.476. The average molecular weight is 254 g/mol. The maximum absolute atomic E-state index is 5.44. The number of hydrogen-bond acceptors (Lipinski definition) is 2. The number of terminal acetylenes is 1. The van der Waals surface area contributed by atoms with Crippen LogP contribution in [0.25, 0.3) is 0 Å². The standard InChI is InChI=1S/C17H22N2/c1-2-3-11-19-13-16(14-9-10-14)18-12-17(19)15-7-5-4-6-8-15/h1,4-8,14,16-18H,3,9-13H2. The van der Waals surface area contributed by atoms with Crippen molar-refractivity contribution in [1.29, 1.82) is 0 Å². The van der Waals surface area contributed by atoms with Gasteiger partial charge in [-0.3, -0.25) is 4.90 Å². The van der Waals surface area contributed by atoms with E-state index in [9.17, 15) is 0 Å². The minimum Gasteiger partial charge on any atom is -0.311 e. The highest BCUT2D eigenvalue weighted by molar-refractivity contribution is 5.20. The van der Waals surface area contributed by atoms with Gasteiger partial charge in [0.05, 0.1) is 0 Å². The van der Waals surface area contributed by atoms with Crippen molar-refractivity contribution in [3.63, 3.8) is 0 Å². The fourth-order valence-corrected chi connectivity index (χ4v) is 3.11. The Labute approximate surface area is 116 Å². The molecule has 0 radical (unpaired) electrons. The van der Waals surface area contributed by atoms with Crippen molar-refractivity contribution in [2.75, 3.05) is 19.6 Å². The van der Waals surface area contributed by atoms with Crippen molar-refractivity contribution in [2.45, 2.75) is 31.3 Å². The molecule has 2 nitrogen and oxygen atoms in total. The lowest BCUT2D eigenvalue weighted by Crippen LogP contribution is -2.53. The van der Waals surface area contributed by atoms with Gasteiger partial charge in [-0.05, 0) is 24.3 Å². The molecule has 1 saturated heterocycles. The van der Waals surface area contributed by atoms with Crippen LogP contribution in [-0.2, 0) is 0 Å². The Morgan fingerprint density at radius 2 is 2.05 bits per heavy atom. The summed E-state index contributed by atoms with van der Waals surface area (Å²) in [5.41, 5.74) is 1.40. The highest BCUT2D eigenvalue weighted by atomic mass is 15.2. The molecule has 1 aliphatic carbocycles. The Balaban J connectivity index is 1.72. The largest absolute Gasteiger partial charge is 0.311 e. The van der Waals surface area contributed by atoms with Gasteiger partial charge < -0.3 is 5.32 Å². The lowest BCUT2D eigenvalue weighted by molar-refractivity contribution is 0.125. The first kappa shape index (κ1) is 12.7. The molecule has 19 heavy (non-hydrogen) atoms. The van der Waals surface area contributed by atoms with E-state index in [4.69, 9.17) is 6.42 Å². The lowest BCUT2D eigenvalue weighted by Gasteiger charge is -2.40. The first-order valence-electron chi connectivity index (χ1n) is 7.34. The number of piperazine rings is 1. The van der Waals surface area contributed by atoms with Crippen molar-refractivity contribution in [2.24, 2.45) is 5.92 Å². The summed E-state index contributed by atoms with van der Waals surface area (Å²) >= 11 is 0. The van der Waals surface area contributed by atoms with Gasteiger partial charge in [-0.2, -0.15) is 0 Å². The third-order valence-corrected chi connectivity index (χ3v) is 4.36. The van der Waals surface area contributed by atoms with Gasteiger partial charge in [-0.25, -0.2) is 0 Å². The van der Waals surface area contributed by atoms with Crippen molar-refractivity contribution in [3.05, 3.63) is 35.9 Å². The molecule has 1 aromatic rings. The van der Waals surface area contributed by atoms with E-state index in [1.54, 1.807) is 0 Å². The zero-order valence-corrected chi connectivity index (χ0v) is 11.4. The summed E-state index contributed by atoms with van der Waals surface area (Å²) in [6, 6.07) is 11.9. The second-order valence-electron chi connectivity index (χ2n) is 5.73. The van der Waals surface area contributed by atoms with E-state index in [2.05, 4.69) is 46.5 Å². The van der Waals surface area contributed by atoms with Gasteiger partial charge in [-0.1, -0.05) is 30.3 Å². The molecular formula is C17H22N2. The number of benzene rings is 1. The van der Waals surface area contributed by atoms with E-state index >= 15 is 0 Å². The van der Waals surface area contributed by atoms with Gasteiger partial charge in [0, 0.05) is 38.1 Å². The molecule has 100 valence electrons. The number of nitrogens with one attached hydrogen (secondary N) is 1. The first-order valence-corrected chi connectivity index (χ1v) is 7.34. The monoisotopic (exact) mass is 254 g/mol. The smallest absolute Gasteiger partial charge is 0.0473 e. The third-order valence-electron chi connectivity index (χ3n) is 4.36. The molecule has 0 aromatic heterocycles. The zero-order chi connectivity index (χ0) is 13.1. The molecule has 2 atom stereocenters. The third kappa shape index (κ3) is 3.00. The van der Waals surface area contributed by atoms with Gasteiger partial charge in [0.15, 0.2) is 0 Å². The number of nitrogens with zero attached hydrogens (tertiary/aromatic N) is 1. The van der Waals surface area contributed by atoms with Crippen LogP contribution in [0.1, 0.15) is 30.9 Å². The number of hydrogen-bond donors (Lipinski definition) is 1. The van der Waals surface area contributed by atoms with Crippen LogP contribution in [0.2, 0.25) is 0 Å². The fourth-order valence-electron chi connectivity index (χ4n) is 3.11. The molecule has 0 bridgehead atoms. The van der Waals surface area contributed by atoms with Crippen molar-refractivity contribution < 1.29 is 0 Å². The summed E-state index contributed by atoms with van der Waals surface area (Å²) < 4.78 is 0. The molecule has 0 amide bonds. The van der Waals surface area contributed by atoms with Crippen LogP contribution in [0.5, 0.6) is 0 Å². The Kier molecular flexibility index (Phi) is 3.87. The maximum atomic E-state index is 5.44. The van der Waals surface area contributed by atoms with Gasteiger partial charge in [0.25, 0.3) is 0 Å². The van der Waals surface area contributed by atoms with E-state index < -0.39 is 0 Å². The van der Waals surface area contributed by atoms with Gasteiger partial charge in [0.1, 0.15) is 0 Å². The van der Waals surface area contributed by atoms with Crippen LogP contribution in [-0.4, -0.2) is 30.6 Å². The highest BCUT2D eigenvalue weighted by Crippen LogP contribution is 2.36. The summed E-state index contributed by atoms with van der Waals surface area (Å²) in [5.74, 6) is 3.69. The fraction of sp³-hybridized carbons (Fsp3) is 0.529. The molecular weight excluding hydrogens is 232 g/mol. The summed E-state index contributed by atoms with van der Waals surface area (Å²) in [6.07, 6.45) is 9.09. The van der Waals surface area contributed by atoms with Crippen LogP contribution in [0.3, 0.4) is 0 Å². The topological polar surface area (TPSA) is 15.3 Å². The molecule has 2 fully saturated rings. The molecule has 1 heterocycles. The molecule has 2 heteroatoms. The Hall–Kier alpha value is -1.30. The predicted molar refractivity (Wildman–Crippen MR) is 78.7 cm³/mol. The van der Waals surface area contributed by atoms with Crippen LogP contribution < -0.4 is 5.32 Å². The molecule has 0 spiro atoms. The lowest BCUT2D eigenvalue weighted by atomic mass is 9.99. The van der Waals surface area contributed by atoms with Gasteiger partial charge >= 0.3 is 0 Å². The van der Waals surface area contributed by atoms with Crippen LogP contribution >= 0.6 is 0 Å². The normalized spacial score (nSPS) is 27.9. The van der Waals surface area contributed by atoms with Gasteiger partial charge in [0.2, 0.25) is 0 Å². The highest BCUT2D eigenvalue weighted by Gasteiger charge is 2.37.